The van der Waals surface area contributed by atoms with Crippen molar-refractivity contribution in [3.63, 3.8) is 0 Å². The first-order valence-electron chi connectivity index (χ1n) is 9.88. The van der Waals surface area contributed by atoms with Crippen molar-refractivity contribution in [2.75, 3.05) is 19.8 Å². The molecule has 1 atom stereocenters. The molecule has 0 bridgehead atoms. The van der Waals surface area contributed by atoms with Gasteiger partial charge in [-0.15, -0.1) is 6.58 Å². The first-order valence-corrected chi connectivity index (χ1v) is 9.88. The van der Waals surface area contributed by atoms with Crippen LogP contribution in [0.3, 0.4) is 0 Å². The minimum absolute atomic E-state index is 0.0192. The van der Waals surface area contributed by atoms with Crippen molar-refractivity contribution in [3.05, 3.63) is 77.9 Å². The molecule has 3 rings (SSSR count). The molecule has 0 spiro atoms. The Morgan fingerprint density at radius 3 is 2.61 bits per heavy atom. The summed E-state index contributed by atoms with van der Waals surface area (Å²) in [5, 5.41) is 11.4. The van der Waals surface area contributed by atoms with Gasteiger partial charge in [0.1, 0.15) is 24.0 Å². The molecule has 1 heterocycles. The van der Waals surface area contributed by atoms with Crippen molar-refractivity contribution < 1.29 is 28.2 Å². The molecule has 2 N–H and O–H groups in total. The molecule has 0 fully saturated rings. The van der Waals surface area contributed by atoms with Gasteiger partial charge in [0.25, 0.3) is 5.91 Å². The fraction of sp³-hybridized carbons (Fsp3) is 0.304. The van der Waals surface area contributed by atoms with Gasteiger partial charge >= 0.3 is 0 Å². The molecule has 0 unspecified atom stereocenters. The van der Waals surface area contributed by atoms with Gasteiger partial charge in [0.05, 0.1) is 6.61 Å². The van der Waals surface area contributed by atoms with Gasteiger partial charge in [0, 0.05) is 37.1 Å². The zero-order valence-corrected chi connectivity index (χ0v) is 16.9. The maximum atomic E-state index is 13.9. The van der Waals surface area contributed by atoms with Crippen molar-refractivity contribution in [1.82, 2.24) is 5.32 Å². The smallest absolute Gasteiger partial charge is 0.252 e. The molecular formula is C23H24F2N2O4. The number of aliphatic hydroxyl groups is 1. The summed E-state index contributed by atoms with van der Waals surface area (Å²) in [7, 11) is 0. The average Bonchev–Trinajstić information content (AvgIpc) is 3.20. The van der Waals surface area contributed by atoms with Crippen molar-refractivity contribution in [1.29, 1.82) is 0 Å². The first-order chi connectivity index (χ1) is 15.0. The summed E-state index contributed by atoms with van der Waals surface area (Å²) >= 11 is 0. The van der Waals surface area contributed by atoms with Crippen LogP contribution in [0.5, 0.6) is 5.75 Å². The van der Waals surface area contributed by atoms with Gasteiger partial charge in [-0.3, -0.25) is 4.79 Å². The number of carbonyl (C=O) groups excluding carboxylic acids is 1. The van der Waals surface area contributed by atoms with Crippen LogP contribution in [-0.2, 0) is 16.1 Å². The molecule has 1 aliphatic rings. The van der Waals surface area contributed by atoms with Crippen LogP contribution in [-0.4, -0.2) is 42.3 Å². The van der Waals surface area contributed by atoms with E-state index in [-0.39, 0.29) is 37.6 Å². The second kappa shape index (κ2) is 10.2. The number of hydrogen-bond donors (Lipinski definition) is 2. The topological polar surface area (TPSA) is 80.2 Å². The Bertz CT molecular complexity index is 942. The molecule has 0 saturated heterocycles. The highest BCUT2D eigenvalue weighted by Gasteiger charge is 2.43. The molecule has 1 amide bonds. The number of amides is 1. The molecule has 0 saturated carbocycles. The molecule has 2 aromatic rings. The molecule has 8 heteroatoms. The number of aliphatic imine (C=N–C) groups is 1. The third-order valence-corrected chi connectivity index (χ3v) is 4.83. The number of benzene rings is 2. The number of halogens is 2. The van der Waals surface area contributed by atoms with Crippen LogP contribution in [0.4, 0.5) is 8.78 Å². The van der Waals surface area contributed by atoms with E-state index in [1.54, 1.807) is 30.3 Å². The normalized spacial score (nSPS) is 17.6. The minimum Gasteiger partial charge on any atom is -0.494 e. The van der Waals surface area contributed by atoms with Crippen molar-refractivity contribution in [2.24, 2.45) is 4.99 Å². The lowest BCUT2D eigenvalue weighted by molar-refractivity contribution is -0.126. The maximum absolute atomic E-state index is 13.9. The molecule has 0 aliphatic carbocycles. The van der Waals surface area contributed by atoms with Gasteiger partial charge in [-0.1, -0.05) is 12.1 Å². The number of nitrogens with zero attached hydrogens (tertiary/aromatic N) is 1. The van der Waals surface area contributed by atoms with E-state index in [0.29, 0.717) is 24.3 Å². The zero-order chi connectivity index (χ0) is 22.3. The number of rotatable bonds is 10. The number of nitrogens with one attached hydrogen (secondary N) is 1. The first kappa shape index (κ1) is 22.4. The molecule has 0 radical (unpaired) electrons. The van der Waals surface area contributed by atoms with Gasteiger partial charge < -0.3 is 19.9 Å². The summed E-state index contributed by atoms with van der Waals surface area (Å²) in [6.07, 6.45) is 2.29. The third-order valence-electron chi connectivity index (χ3n) is 4.83. The Balaban J connectivity index is 1.73. The Hall–Kier alpha value is -3.26. The predicted octanol–water partition coefficient (Wildman–Crippen LogP) is 3.13. The monoisotopic (exact) mass is 430 g/mol. The van der Waals surface area contributed by atoms with Crippen LogP contribution in [0.1, 0.15) is 24.0 Å². The highest BCUT2D eigenvalue weighted by Crippen LogP contribution is 2.27. The number of ether oxygens (including phenoxy) is 2. The number of carbonyl (C=O) groups is 1. The van der Waals surface area contributed by atoms with E-state index in [4.69, 9.17) is 14.6 Å². The Morgan fingerprint density at radius 2 is 1.97 bits per heavy atom. The third kappa shape index (κ3) is 5.27. The van der Waals surface area contributed by atoms with Gasteiger partial charge in [0.15, 0.2) is 5.54 Å². The average molecular weight is 430 g/mol. The fourth-order valence-corrected chi connectivity index (χ4v) is 3.13. The summed E-state index contributed by atoms with van der Waals surface area (Å²) < 4.78 is 38.9. The van der Waals surface area contributed by atoms with Crippen molar-refractivity contribution in [2.45, 2.75) is 24.9 Å². The Labute approximate surface area is 179 Å². The summed E-state index contributed by atoms with van der Waals surface area (Å²) in [5.41, 5.74) is -0.826. The fourth-order valence-electron chi connectivity index (χ4n) is 3.13. The van der Waals surface area contributed by atoms with E-state index in [2.05, 4.69) is 16.9 Å². The highest BCUT2D eigenvalue weighted by atomic mass is 19.1. The minimum atomic E-state index is -1.27. The molecular weight excluding hydrogens is 406 g/mol. The second-order valence-corrected chi connectivity index (χ2v) is 7.06. The second-order valence-electron chi connectivity index (χ2n) is 7.06. The maximum Gasteiger partial charge on any atom is 0.252 e. The molecule has 2 aromatic carbocycles. The van der Waals surface area contributed by atoms with Gasteiger partial charge in [0.2, 0.25) is 5.90 Å². The largest absolute Gasteiger partial charge is 0.494 e. The quantitative estimate of drug-likeness (QED) is 0.448. The standard InChI is InChI=1S/C23H24F2N2O4/c1-2-11-23(22(29)26-14-18-19(24)5-3-6-20(18)25)15-31-21(27-23)16-7-9-17(10-8-16)30-13-4-12-28/h2-3,5-10,28H,1,4,11-15H2,(H,26,29)/t23-/m1/s1. The summed E-state index contributed by atoms with van der Waals surface area (Å²) in [6, 6.07) is 10.5. The van der Waals surface area contributed by atoms with E-state index < -0.39 is 23.1 Å². The highest BCUT2D eigenvalue weighted by molar-refractivity contribution is 6.00. The SMILES string of the molecule is C=CC[C@]1(C(=O)NCc2c(F)cccc2F)COC(c2ccc(OCCCO)cc2)=N1. The van der Waals surface area contributed by atoms with Gasteiger partial charge in [-0.2, -0.15) is 0 Å². The number of hydrogen-bond acceptors (Lipinski definition) is 5. The summed E-state index contributed by atoms with van der Waals surface area (Å²) in [6.45, 7) is 3.82. The van der Waals surface area contributed by atoms with Gasteiger partial charge in [-0.05, 0) is 36.4 Å². The zero-order valence-electron chi connectivity index (χ0n) is 16.9. The van der Waals surface area contributed by atoms with E-state index in [9.17, 15) is 13.6 Å². The lowest BCUT2D eigenvalue weighted by atomic mass is 9.96. The van der Waals surface area contributed by atoms with Crippen LogP contribution < -0.4 is 10.1 Å². The molecule has 6 nitrogen and oxygen atoms in total. The summed E-state index contributed by atoms with van der Waals surface area (Å²) in [4.78, 5) is 17.4. The lowest BCUT2D eigenvalue weighted by Gasteiger charge is -2.21. The lowest BCUT2D eigenvalue weighted by Crippen LogP contribution is -2.46. The van der Waals surface area contributed by atoms with Crippen molar-refractivity contribution >= 4 is 11.8 Å². The Morgan fingerprint density at radius 1 is 1.26 bits per heavy atom. The van der Waals surface area contributed by atoms with Crippen LogP contribution in [0.15, 0.2) is 60.1 Å². The van der Waals surface area contributed by atoms with E-state index >= 15 is 0 Å². The van der Waals surface area contributed by atoms with Crippen LogP contribution in [0.2, 0.25) is 0 Å². The van der Waals surface area contributed by atoms with E-state index in [1.165, 1.54) is 6.07 Å². The van der Waals surface area contributed by atoms with Crippen LogP contribution in [0.25, 0.3) is 0 Å². The van der Waals surface area contributed by atoms with Crippen LogP contribution in [0, 0.1) is 11.6 Å². The summed E-state index contributed by atoms with van der Waals surface area (Å²) in [5.74, 6) is -1.04. The molecule has 1 aliphatic heterocycles. The van der Waals surface area contributed by atoms with Crippen LogP contribution >= 0.6 is 0 Å². The predicted molar refractivity (Wildman–Crippen MR) is 112 cm³/mol. The number of aliphatic hydroxyl groups excluding tert-OH is 1. The van der Waals surface area contributed by atoms with Gasteiger partial charge in [-0.25, -0.2) is 13.8 Å². The van der Waals surface area contributed by atoms with Crippen molar-refractivity contribution in [3.8, 4) is 5.75 Å². The molecule has 164 valence electrons. The molecule has 31 heavy (non-hydrogen) atoms. The molecule has 0 aromatic heterocycles. The van der Waals surface area contributed by atoms with E-state index in [0.717, 1.165) is 12.1 Å². The van der Waals surface area contributed by atoms with E-state index in [1.807, 2.05) is 0 Å². The Kier molecular flexibility index (Phi) is 7.36.